The van der Waals surface area contributed by atoms with Crippen LogP contribution in [0.1, 0.15) is 70.9 Å². The van der Waals surface area contributed by atoms with Crippen LogP contribution in [0.3, 0.4) is 0 Å². The molecule has 0 aliphatic carbocycles. The number of rotatable bonds is 6. The van der Waals surface area contributed by atoms with E-state index in [2.05, 4.69) is 11.6 Å². The van der Waals surface area contributed by atoms with E-state index in [9.17, 15) is 19.5 Å². The highest BCUT2D eigenvalue weighted by molar-refractivity contribution is 6.12. The van der Waals surface area contributed by atoms with Crippen LogP contribution in [0.5, 0.6) is 5.88 Å². The molecule has 1 atom stereocenters. The lowest BCUT2D eigenvalue weighted by molar-refractivity contribution is 0.0430. The van der Waals surface area contributed by atoms with Gasteiger partial charge in [0.2, 0.25) is 5.88 Å². The molecule has 0 aliphatic rings. The molecule has 9 nitrogen and oxygen atoms in total. The van der Waals surface area contributed by atoms with Crippen molar-refractivity contribution in [1.82, 2.24) is 4.98 Å². The normalized spacial score (nSPS) is 12.5. The Morgan fingerprint density at radius 1 is 1.13 bits per heavy atom. The van der Waals surface area contributed by atoms with Gasteiger partial charge in [0.25, 0.3) is 0 Å². The first-order valence-electron chi connectivity index (χ1n) is 9.84. The van der Waals surface area contributed by atoms with Crippen LogP contribution in [0, 0.1) is 6.92 Å². The van der Waals surface area contributed by atoms with Gasteiger partial charge in [-0.25, -0.2) is 19.4 Å². The standard InChI is InChI=1S/C22H32N2O7/c1-10-11-14(3)29-17-13(2)12-15(16(23-17)18(25)26)24(19(27)30-21(4,5)6)20(28)31-22(7,8)9/h10,12,14H,1,11H2,2-9H3,(H,25,26)/t14-/m1/s1. The van der Waals surface area contributed by atoms with Crippen molar-refractivity contribution >= 4 is 23.8 Å². The molecule has 0 aromatic carbocycles. The van der Waals surface area contributed by atoms with E-state index in [1.807, 2.05) is 0 Å². The Balaban J connectivity index is 3.59. The zero-order chi connectivity index (χ0) is 24.1. The molecule has 0 spiro atoms. The summed E-state index contributed by atoms with van der Waals surface area (Å²) in [5.74, 6) is -1.38. The molecule has 1 heterocycles. The number of aryl methyl sites for hydroxylation is 1. The van der Waals surface area contributed by atoms with Crippen molar-refractivity contribution in [3.63, 3.8) is 0 Å². The van der Waals surface area contributed by atoms with Gasteiger partial charge < -0.3 is 19.3 Å². The first-order chi connectivity index (χ1) is 14.1. The number of aromatic carboxylic acids is 1. The number of aromatic nitrogens is 1. The van der Waals surface area contributed by atoms with Crippen molar-refractivity contribution in [1.29, 1.82) is 0 Å². The fraction of sp³-hybridized carbons (Fsp3) is 0.545. The number of ether oxygens (including phenoxy) is 3. The number of carbonyl (C=O) groups is 3. The quantitative estimate of drug-likeness (QED) is 0.612. The number of hydrogen-bond acceptors (Lipinski definition) is 7. The summed E-state index contributed by atoms with van der Waals surface area (Å²) in [5.41, 5.74) is -2.29. The van der Waals surface area contributed by atoms with Gasteiger partial charge in [-0.1, -0.05) is 6.08 Å². The van der Waals surface area contributed by atoms with Crippen LogP contribution in [-0.4, -0.2) is 45.6 Å². The fourth-order valence-electron chi connectivity index (χ4n) is 2.39. The maximum absolute atomic E-state index is 12.9. The van der Waals surface area contributed by atoms with Gasteiger partial charge in [-0.05, 0) is 61.5 Å². The average molecular weight is 437 g/mol. The predicted octanol–water partition coefficient (Wildman–Crippen LogP) is 5.11. The number of carboxylic acids is 1. The molecule has 0 unspecified atom stereocenters. The molecule has 1 aromatic heterocycles. The average Bonchev–Trinajstić information content (AvgIpc) is 2.53. The van der Waals surface area contributed by atoms with Crippen molar-refractivity contribution in [2.24, 2.45) is 0 Å². The number of nitrogens with zero attached hydrogens (tertiary/aromatic N) is 2. The molecule has 172 valence electrons. The second kappa shape index (κ2) is 9.80. The summed E-state index contributed by atoms with van der Waals surface area (Å²) in [5, 5.41) is 9.73. The minimum atomic E-state index is -1.45. The van der Waals surface area contributed by atoms with Crippen LogP contribution in [0.25, 0.3) is 0 Å². The molecular weight excluding hydrogens is 404 g/mol. The van der Waals surface area contributed by atoms with E-state index in [-0.39, 0.29) is 17.7 Å². The van der Waals surface area contributed by atoms with Gasteiger partial charge in [0.15, 0.2) is 5.69 Å². The van der Waals surface area contributed by atoms with Gasteiger partial charge in [-0.3, -0.25) is 0 Å². The molecule has 0 aliphatic heterocycles. The molecular formula is C22H32N2O7. The first-order valence-corrected chi connectivity index (χ1v) is 9.84. The molecule has 0 radical (unpaired) electrons. The molecule has 1 N–H and O–H groups in total. The minimum absolute atomic E-state index is 0.0730. The van der Waals surface area contributed by atoms with Crippen molar-refractivity contribution < 1.29 is 33.7 Å². The highest BCUT2D eigenvalue weighted by Crippen LogP contribution is 2.30. The smallest absolute Gasteiger partial charge is 0.424 e. The molecule has 31 heavy (non-hydrogen) atoms. The Hall–Kier alpha value is -3.10. The van der Waals surface area contributed by atoms with Gasteiger partial charge in [-0.15, -0.1) is 6.58 Å². The zero-order valence-electron chi connectivity index (χ0n) is 19.4. The monoisotopic (exact) mass is 436 g/mol. The van der Waals surface area contributed by atoms with Gasteiger partial charge in [0.1, 0.15) is 17.3 Å². The lowest BCUT2D eigenvalue weighted by atomic mass is 10.2. The molecule has 1 aromatic rings. The largest absolute Gasteiger partial charge is 0.476 e. The van der Waals surface area contributed by atoms with E-state index in [1.54, 1.807) is 61.5 Å². The van der Waals surface area contributed by atoms with E-state index in [0.717, 1.165) is 0 Å². The number of anilines is 1. The van der Waals surface area contributed by atoms with Crippen molar-refractivity contribution in [2.75, 3.05) is 4.90 Å². The number of carbonyl (C=O) groups excluding carboxylic acids is 2. The van der Waals surface area contributed by atoms with Gasteiger partial charge in [-0.2, -0.15) is 4.90 Å². The van der Waals surface area contributed by atoms with Gasteiger partial charge in [0.05, 0.1) is 5.69 Å². The summed E-state index contributed by atoms with van der Waals surface area (Å²) in [7, 11) is 0. The van der Waals surface area contributed by atoms with Crippen molar-refractivity contribution in [2.45, 2.75) is 79.1 Å². The highest BCUT2D eigenvalue weighted by atomic mass is 16.6. The molecule has 0 saturated carbocycles. The summed E-state index contributed by atoms with van der Waals surface area (Å²) >= 11 is 0. The Labute approximate surface area is 183 Å². The minimum Gasteiger partial charge on any atom is -0.476 e. The van der Waals surface area contributed by atoms with Crippen LogP contribution in [-0.2, 0) is 9.47 Å². The number of amides is 2. The molecule has 9 heteroatoms. The van der Waals surface area contributed by atoms with Crippen LogP contribution < -0.4 is 9.64 Å². The van der Waals surface area contributed by atoms with E-state index in [1.165, 1.54) is 6.07 Å². The number of carboxylic acid groups (broad SMARTS) is 1. The Bertz CT molecular complexity index is 823. The lowest BCUT2D eigenvalue weighted by Crippen LogP contribution is -2.44. The van der Waals surface area contributed by atoms with Gasteiger partial charge in [0, 0.05) is 12.0 Å². The lowest BCUT2D eigenvalue weighted by Gasteiger charge is -2.29. The molecule has 0 bridgehead atoms. The molecule has 0 saturated heterocycles. The second-order valence-corrected chi connectivity index (χ2v) is 9.03. The first kappa shape index (κ1) is 25.9. The number of pyridine rings is 1. The third-order valence-corrected chi connectivity index (χ3v) is 3.55. The van der Waals surface area contributed by atoms with Crippen LogP contribution in [0.4, 0.5) is 15.3 Å². The van der Waals surface area contributed by atoms with E-state index < -0.39 is 35.1 Å². The zero-order valence-corrected chi connectivity index (χ0v) is 19.4. The summed E-state index contributed by atoms with van der Waals surface area (Å²) in [4.78, 5) is 42.3. The van der Waals surface area contributed by atoms with Crippen LogP contribution in [0.15, 0.2) is 18.7 Å². The third-order valence-electron chi connectivity index (χ3n) is 3.55. The topological polar surface area (TPSA) is 115 Å². The molecule has 0 fully saturated rings. The Kier molecular flexibility index (Phi) is 8.20. The SMILES string of the molecule is C=CC[C@@H](C)Oc1nc(C(=O)O)c(N(C(=O)OC(C)(C)C)C(=O)OC(C)(C)C)cc1C. The summed E-state index contributed by atoms with van der Waals surface area (Å²) in [6, 6.07) is 1.33. The summed E-state index contributed by atoms with van der Waals surface area (Å²) in [6.45, 7) is 16.8. The van der Waals surface area contributed by atoms with Crippen molar-refractivity contribution in [3.8, 4) is 5.88 Å². The fourth-order valence-corrected chi connectivity index (χ4v) is 2.39. The predicted molar refractivity (Wildman–Crippen MR) is 116 cm³/mol. The van der Waals surface area contributed by atoms with Crippen molar-refractivity contribution in [3.05, 3.63) is 30.0 Å². The second-order valence-electron chi connectivity index (χ2n) is 9.03. The summed E-state index contributed by atoms with van der Waals surface area (Å²) in [6.07, 6.45) is -0.283. The molecule has 1 rings (SSSR count). The number of imide groups is 1. The van der Waals surface area contributed by atoms with E-state index in [0.29, 0.717) is 16.9 Å². The maximum Gasteiger partial charge on any atom is 0.424 e. The van der Waals surface area contributed by atoms with Gasteiger partial charge >= 0.3 is 18.2 Å². The van der Waals surface area contributed by atoms with E-state index in [4.69, 9.17) is 14.2 Å². The van der Waals surface area contributed by atoms with Crippen LogP contribution in [0.2, 0.25) is 0 Å². The third kappa shape index (κ3) is 7.92. The Morgan fingerprint density at radius 3 is 2.00 bits per heavy atom. The maximum atomic E-state index is 12.9. The highest BCUT2D eigenvalue weighted by Gasteiger charge is 2.36. The van der Waals surface area contributed by atoms with Crippen LogP contribution >= 0.6 is 0 Å². The number of hydrogen-bond donors (Lipinski definition) is 1. The molecule has 2 amide bonds. The van der Waals surface area contributed by atoms with E-state index >= 15 is 0 Å². The summed E-state index contributed by atoms with van der Waals surface area (Å²) < 4.78 is 16.3. The Morgan fingerprint density at radius 2 is 1.61 bits per heavy atom.